The number of halogens is 1. The average molecular weight is 238 g/mol. The molecule has 0 spiro atoms. The van der Waals surface area contributed by atoms with Crippen LogP contribution in [-0.4, -0.2) is 4.98 Å². The number of hydrogen-bond acceptors (Lipinski definition) is 4. The van der Waals surface area contributed by atoms with Crippen LogP contribution in [-0.2, 0) is 6.61 Å². The molecule has 3 nitrogen and oxygen atoms in total. The van der Waals surface area contributed by atoms with Gasteiger partial charge in [-0.2, -0.15) is 0 Å². The van der Waals surface area contributed by atoms with Crippen LogP contribution in [0.25, 0.3) is 0 Å². The third kappa shape index (κ3) is 2.49. The van der Waals surface area contributed by atoms with Gasteiger partial charge in [0.2, 0.25) is 0 Å². The maximum absolute atomic E-state index is 13.0. The van der Waals surface area contributed by atoms with Gasteiger partial charge >= 0.3 is 0 Å². The van der Waals surface area contributed by atoms with Crippen molar-refractivity contribution >= 4 is 16.5 Å². The van der Waals surface area contributed by atoms with Gasteiger partial charge < -0.3 is 10.5 Å². The maximum Gasteiger partial charge on any atom is 0.180 e. The second-order valence-electron chi connectivity index (χ2n) is 3.38. The smallest absolute Gasteiger partial charge is 0.180 e. The van der Waals surface area contributed by atoms with Gasteiger partial charge in [-0.15, -0.1) is 11.3 Å². The van der Waals surface area contributed by atoms with Gasteiger partial charge in [-0.25, -0.2) is 9.37 Å². The number of nitrogen functional groups attached to an aromatic ring is 1. The van der Waals surface area contributed by atoms with E-state index >= 15 is 0 Å². The number of anilines is 1. The Morgan fingerprint density at radius 1 is 1.50 bits per heavy atom. The zero-order valence-corrected chi connectivity index (χ0v) is 9.55. The molecule has 0 amide bonds. The largest absolute Gasteiger partial charge is 0.487 e. The van der Waals surface area contributed by atoms with E-state index in [1.165, 1.54) is 17.4 Å². The molecule has 0 fully saturated rings. The number of nitrogens with two attached hydrogens (primary N) is 1. The molecule has 0 unspecified atom stereocenters. The molecule has 0 radical (unpaired) electrons. The van der Waals surface area contributed by atoms with Crippen LogP contribution >= 0.6 is 11.3 Å². The molecule has 1 aromatic heterocycles. The SMILES string of the molecule is Cc1cc(OCc2csc(N)n2)ccc1F. The molecule has 0 saturated heterocycles. The molecule has 2 rings (SSSR count). The number of rotatable bonds is 3. The summed E-state index contributed by atoms with van der Waals surface area (Å²) in [5, 5.41) is 2.36. The number of ether oxygens (including phenoxy) is 1. The van der Waals surface area contributed by atoms with Crippen LogP contribution in [0.5, 0.6) is 5.75 Å². The molecule has 0 bridgehead atoms. The first-order valence-corrected chi connectivity index (χ1v) is 5.62. The lowest BCUT2D eigenvalue weighted by Gasteiger charge is -2.05. The summed E-state index contributed by atoms with van der Waals surface area (Å²) in [6.45, 7) is 2.04. The second-order valence-corrected chi connectivity index (χ2v) is 4.27. The molecule has 1 heterocycles. The molecule has 1 aromatic carbocycles. The van der Waals surface area contributed by atoms with Crippen LogP contribution in [0.4, 0.5) is 9.52 Å². The molecule has 2 N–H and O–H groups in total. The lowest BCUT2D eigenvalue weighted by atomic mass is 10.2. The highest BCUT2D eigenvalue weighted by atomic mass is 32.1. The van der Waals surface area contributed by atoms with Crippen LogP contribution < -0.4 is 10.5 Å². The van der Waals surface area contributed by atoms with Crippen molar-refractivity contribution < 1.29 is 9.13 Å². The Bertz CT molecular complexity index is 498. The summed E-state index contributed by atoms with van der Waals surface area (Å²) >= 11 is 1.37. The summed E-state index contributed by atoms with van der Waals surface area (Å²) in [6, 6.07) is 4.64. The highest BCUT2D eigenvalue weighted by Gasteiger charge is 2.02. The highest BCUT2D eigenvalue weighted by molar-refractivity contribution is 7.13. The van der Waals surface area contributed by atoms with E-state index in [1.807, 2.05) is 5.38 Å². The van der Waals surface area contributed by atoms with Crippen LogP contribution in [0.15, 0.2) is 23.6 Å². The lowest BCUT2D eigenvalue weighted by Crippen LogP contribution is -1.97. The summed E-state index contributed by atoms with van der Waals surface area (Å²) in [5.41, 5.74) is 6.84. The maximum atomic E-state index is 13.0. The minimum absolute atomic E-state index is 0.231. The monoisotopic (exact) mass is 238 g/mol. The molecule has 0 atom stereocenters. The van der Waals surface area contributed by atoms with E-state index in [-0.39, 0.29) is 5.82 Å². The number of aromatic nitrogens is 1. The molecule has 0 aliphatic carbocycles. The van der Waals surface area contributed by atoms with Crippen molar-refractivity contribution in [3.05, 3.63) is 40.7 Å². The van der Waals surface area contributed by atoms with Gasteiger partial charge in [-0.3, -0.25) is 0 Å². The number of thiazole rings is 1. The summed E-state index contributed by atoms with van der Waals surface area (Å²) in [7, 11) is 0. The highest BCUT2D eigenvalue weighted by Crippen LogP contribution is 2.18. The van der Waals surface area contributed by atoms with E-state index < -0.39 is 0 Å². The van der Waals surface area contributed by atoms with Crippen LogP contribution in [0.2, 0.25) is 0 Å². The molecule has 0 saturated carbocycles. The number of aryl methyl sites for hydroxylation is 1. The van der Waals surface area contributed by atoms with Crippen molar-refractivity contribution in [1.82, 2.24) is 4.98 Å². The fraction of sp³-hybridized carbons (Fsp3) is 0.182. The fourth-order valence-corrected chi connectivity index (χ4v) is 1.80. The third-order valence-corrected chi connectivity index (χ3v) is 2.81. The van der Waals surface area contributed by atoms with Gasteiger partial charge in [0.15, 0.2) is 5.13 Å². The average Bonchev–Trinajstić information content (AvgIpc) is 2.66. The van der Waals surface area contributed by atoms with Gasteiger partial charge in [-0.05, 0) is 30.7 Å². The summed E-state index contributed by atoms with van der Waals surface area (Å²) in [4.78, 5) is 4.06. The van der Waals surface area contributed by atoms with Gasteiger partial charge in [-0.1, -0.05) is 0 Å². The topological polar surface area (TPSA) is 48.1 Å². The molecular weight excluding hydrogens is 227 g/mol. The lowest BCUT2D eigenvalue weighted by molar-refractivity contribution is 0.301. The van der Waals surface area contributed by atoms with Crippen molar-refractivity contribution in [2.75, 3.05) is 5.73 Å². The van der Waals surface area contributed by atoms with Crippen molar-refractivity contribution in [3.63, 3.8) is 0 Å². The molecule has 16 heavy (non-hydrogen) atoms. The minimum Gasteiger partial charge on any atom is -0.487 e. The van der Waals surface area contributed by atoms with E-state index in [1.54, 1.807) is 19.1 Å². The molecule has 0 aliphatic rings. The standard InChI is InChI=1S/C11H11FN2OS/c1-7-4-9(2-3-10(7)12)15-5-8-6-16-11(13)14-8/h2-4,6H,5H2,1H3,(H2,13,14). The number of benzene rings is 1. The van der Waals surface area contributed by atoms with Crippen LogP contribution in [0.1, 0.15) is 11.3 Å². The Hall–Kier alpha value is -1.62. The van der Waals surface area contributed by atoms with E-state index in [0.29, 0.717) is 23.1 Å². The van der Waals surface area contributed by atoms with Crippen molar-refractivity contribution in [2.24, 2.45) is 0 Å². The van der Waals surface area contributed by atoms with Gasteiger partial charge in [0, 0.05) is 5.38 Å². The molecule has 84 valence electrons. The number of nitrogens with zero attached hydrogens (tertiary/aromatic N) is 1. The predicted octanol–water partition coefficient (Wildman–Crippen LogP) is 2.75. The second kappa shape index (κ2) is 4.49. The van der Waals surface area contributed by atoms with Gasteiger partial charge in [0.05, 0.1) is 5.69 Å². The van der Waals surface area contributed by atoms with Crippen molar-refractivity contribution in [1.29, 1.82) is 0 Å². The molecule has 2 aromatic rings. The van der Waals surface area contributed by atoms with Crippen LogP contribution in [0, 0.1) is 12.7 Å². The Balaban J connectivity index is 2.02. The Morgan fingerprint density at radius 2 is 2.31 bits per heavy atom. The number of hydrogen-bond donors (Lipinski definition) is 1. The quantitative estimate of drug-likeness (QED) is 0.894. The van der Waals surface area contributed by atoms with Crippen molar-refractivity contribution in [2.45, 2.75) is 13.5 Å². The van der Waals surface area contributed by atoms with E-state index in [4.69, 9.17) is 10.5 Å². The van der Waals surface area contributed by atoms with E-state index in [9.17, 15) is 4.39 Å². The Kier molecular flexibility index (Phi) is 3.05. The third-order valence-electron chi connectivity index (χ3n) is 2.09. The Morgan fingerprint density at radius 3 is 2.94 bits per heavy atom. The van der Waals surface area contributed by atoms with E-state index in [2.05, 4.69) is 4.98 Å². The first kappa shape index (κ1) is 10.9. The van der Waals surface area contributed by atoms with Gasteiger partial charge in [0.1, 0.15) is 18.2 Å². The van der Waals surface area contributed by atoms with Gasteiger partial charge in [0.25, 0.3) is 0 Å². The predicted molar refractivity (Wildman–Crippen MR) is 62.0 cm³/mol. The zero-order valence-electron chi connectivity index (χ0n) is 8.74. The van der Waals surface area contributed by atoms with E-state index in [0.717, 1.165) is 5.69 Å². The minimum atomic E-state index is -0.231. The Labute approximate surface area is 96.7 Å². The molecular formula is C11H11FN2OS. The first-order chi connectivity index (χ1) is 7.65. The molecule has 0 aliphatic heterocycles. The zero-order chi connectivity index (χ0) is 11.5. The first-order valence-electron chi connectivity index (χ1n) is 4.74. The normalized spacial score (nSPS) is 10.4. The molecule has 5 heteroatoms. The fourth-order valence-electron chi connectivity index (χ4n) is 1.25. The summed E-state index contributed by atoms with van der Waals surface area (Å²) < 4.78 is 18.4. The van der Waals surface area contributed by atoms with Crippen LogP contribution in [0.3, 0.4) is 0 Å². The summed E-state index contributed by atoms with van der Waals surface area (Å²) in [6.07, 6.45) is 0. The van der Waals surface area contributed by atoms with Crippen molar-refractivity contribution in [3.8, 4) is 5.75 Å². The summed E-state index contributed by atoms with van der Waals surface area (Å²) in [5.74, 6) is 0.399.